The Morgan fingerprint density at radius 2 is 2.00 bits per heavy atom. The van der Waals surface area contributed by atoms with E-state index in [1.165, 1.54) is 12.1 Å². The average Bonchev–Trinajstić information content (AvgIpc) is 2.27. The molecule has 1 saturated heterocycles. The van der Waals surface area contributed by atoms with Crippen LogP contribution in [0.15, 0.2) is 18.2 Å². The summed E-state index contributed by atoms with van der Waals surface area (Å²) in [4.78, 5) is 15.7. The lowest BCUT2D eigenvalue weighted by molar-refractivity contribution is -0.274. The minimum atomic E-state index is -4.84. The Bertz CT molecular complexity index is 540. The van der Waals surface area contributed by atoms with Gasteiger partial charge in [0, 0.05) is 24.7 Å². The topological polar surface area (TPSA) is 58.8 Å². The van der Waals surface area contributed by atoms with Crippen molar-refractivity contribution in [2.24, 2.45) is 0 Å². The van der Waals surface area contributed by atoms with Gasteiger partial charge in [0.15, 0.2) is 5.75 Å². The molecular weight excluding hydrogens is 287 g/mol. The van der Waals surface area contributed by atoms with Crippen LogP contribution in [-0.4, -0.2) is 55.3 Å². The number of amides is 1. The summed E-state index contributed by atoms with van der Waals surface area (Å²) in [5.41, 5.74) is 5.38. The van der Waals surface area contributed by atoms with E-state index >= 15 is 0 Å². The fourth-order valence-electron chi connectivity index (χ4n) is 2.01. The molecule has 1 fully saturated rings. The molecule has 0 saturated carbocycles. The minimum absolute atomic E-state index is 0.126. The Morgan fingerprint density at radius 1 is 1.38 bits per heavy atom. The largest absolute Gasteiger partial charge is 0.573 e. The van der Waals surface area contributed by atoms with E-state index in [9.17, 15) is 18.0 Å². The first-order chi connectivity index (χ1) is 9.67. The molecule has 1 aromatic rings. The maximum atomic E-state index is 12.3. The molecule has 2 N–H and O–H groups in total. The van der Waals surface area contributed by atoms with Crippen LogP contribution in [0.3, 0.4) is 0 Å². The van der Waals surface area contributed by atoms with Gasteiger partial charge in [0.25, 0.3) is 5.91 Å². The number of nitrogen functional groups attached to an aromatic ring is 1. The number of nitrogens with two attached hydrogens (primary N) is 1. The normalized spacial score (nSPS) is 16.0. The van der Waals surface area contributed by atoms with Gasteiger partial charge in [-0.1, -0.05) is 0 Å². The van der Waals surface area contributed by atoms with Crippen molar-refractivity contribution in [2.45, 2.75) is 12.4 Å². The van der Waals surface area contributed by atoms with E-state index in [0.29, 0.717) is 13.1 Å². The van der Waals surface area contributed by atoms with Crippen molar-refractivity contribution in [3.8, 4) is 5.75 Å². The summed E-state index contributed by atoms with van der Waals surface area (Å²) in [6, 6.07) is 3.92. The molecule has 2 rings (SSSR count). The number of ether oxygens (including phenoxy) is 1. The molecule has 1 aliphatic rings. The second-order valence-electron chi connectivity index (χ2n) is 5.13. The third-order valence-corrected chi connectivity index (χ3v) is 3.37. The van der Waals surface area contributed by atoms with Gasteiger partial charge in [-0.2, -0.15) is 0 Å². The monoisotopic (exact) mass is 303 g/mol. The van der Waals surface area contributed by atoms with Gasteiger partial charge in [-0.05, 0) is 32.3 Å². The highest BCUT2D eigenvalue weighted by molar-refractivity contribution is 5.95. The highest BCUT2D eigenvalue weighted by Crippen LogP contribution is 2.30. The van der Waals surface area contributed by atoms with Gasteiger partial charge in [0.2, 0.25) is 0 Å². The van der Waals surface area contributed by atoms with Crippen LogP contribution in [0.5, 0.6) is 5.75 Å². The van der Waals surface area contributed by atoms with E-state index in [0.717, 1.165) is 6.07 Å². The van der Waals surface area contributed by atoms with Crippen molar-refractivity contribution in [2.75, 3.05) is 32.9 Å². The summed E-state index contributed by atoms with van der Waals surface area (Å²) in [7, 11) is 3.82. The van der Waals surface area contributed by atoms with Crippen molar-refractivity contribution in [1.29, 1.82) is 0 Å². The molecule has 0 radical (unpaired) electrons. The number of hydrogen-bond donors (Lipinski definition) is 1. The molecule has 21 heavy (non-hydrogen) atoms. The fraction of sp³-hybridized carbons (Fsp3) is 0.462. The van der Waals surface area contributed by atoms with E-state index in [1.807, 2.05) is 19.0 Å². The lowest BCUT2D eigenvalue weighted by atomic mass is 10.1. The first-order valence-corrected chi connectivity index (χ1v) is 6.28. The number of rotatable bonds is 3. The van der Waals surface area contributed by atoms with Gasteiger partial charge in [-0.3, -0.25) is 4.79 Å². The maximum Gasteiger partial charge on any atom is 0.573 e. The summed E-state index contributed by atoms with van der Waals surface area (Å²) in [6.07, 6.45) is -4.84. The molecule has 0 aliphatic carbocycles. The van der Waals surface area contributed by atoms with Crippen LogP contribution >= 0.6 is 0 Å². The van der Waals surface area contributed by atoms with Crippen LogP contribution in [0, 0.1) is 0 Å². The Kier molecular flexibility index (Phi) is 3.99. The summed E-state index contributed by atoms with van der Waals surface area (Å²) in [5, 5.41) is 0. The van der Waals surface area contributed by atoms with E-state index in [1.54, 1.807) is 4.90 Å². The molecule has 116 valence electrons. The number of benzene rings is 1. The number of likely N-dealkylation sites (N-methyl/N-ethyl adjacent to an activating group) is 1. The van der Waals surface area contributed by atoms with E-state index in [4.69, 9.17) is 5.73 Å². The van der Waals surface area contributed by atoms with Crippen LogP contribution < -0.4 is 10.5 Å². The molecule has 0 unspecified atom stereocenters. The number of hydrogen-bond acceptors (Lipinski definition) is 4. The lowest BCUT2D eigenvalue weighted by Crippen LogP contribution is -2.59. The zero-order valence-corrected chi connectivity index (χ0v) is 11.6. The van der Waals surface area contributed by atoms with E-state index in [-0.39, 0.29) is 23.2 Å². The number of halogens is 3. The fourth-order valence-corrected chi connectivity index (χ4v) is 2.01. The second-order valence-corrected chi connectivity index (χ2v) is 5.13. The van der Waals surface area contributed by atoms with Gasteiger partial charge in [-0.15, -0.1) is 13.2 Å². The summed E-state index contributed by atoms with van der Waals surface area (Å²) < 4.78 is 40.6. The zero-order valence-electron chi connectivity index (χ0n) is 11.6. The standard InChI is InChI=1S/C13H16F3N3O2/c1-18(2)9-6-19(7-9)12(20)8-3-4-10(17)11(5-8)21-13(14,15)16/h3-5,9H,6-7,17H2,1-2H3. The first-order valence-electron chi connectivity index (χ1n) is 6.28. The van der Waals surface area contributed by atoms with Gasteiger partial charge >= 0.3 is 6.36 Å². The molecular formula is C13H16F3N3O2. The number of anilines is 1. The predicted octanol–water partition coefficient (Wildman–Crippen LogP) is 1.55. The number of likely N-dealkylation sites (tertiary alicyclic amines) is 1. The Labute approximate surface area is 120 Å². The number of nitrogens with zero attached hydrogens (tertiary/aromatic N) is 2. The van der Waals surface area contributed by atoms with Crippen molar-refractivity contribution in [3.63, 3.8) is 0 Å². The third kappa shape index (κ3) is 3.57. The average molecular weight is 303 g/mol. The minimum Gasteiger partial charge on any atom is -0.404 e. The molecule has 1 heterocycles. The SMILES string of the molecule is CN(C)C1CN(C(=O)c2ccc(N)c(OC(F)(F)F)c2)C1. The third-order valence-electron chi connectivity index (χ3n) is 3.37. The molecule has 1 amide bonds. The molecule has 1 aliphatic heterocycles. The molecule has 1 aromatic carbocycles. The Hall–Kier alpha value is -1.96. The summed E-state index contributed by atoms with van der Waals surface area (Å²) in [5.74, 6) is -0.891. The highest BCUT2D eigenvalue weighted by atomic mass is 19.4. The van der Waals surface area contributed by atoms with Crippen LogP contribution in [-0.2, 0) is 0 Å². The van der Waals surface area contributed by atoms with Crippen LogP contribution in [0.4, 0.5) is 18.9 Å². The maximum absolute atomic E-state index is 12.3. The highest BCUT2D eigenvalue weighted by Gasteiger charge is 2.34. The van der Waals surface area contributed by atoms with Gasteiger partial charge in [0.05, 0.1) is 5.69 Å². The molecule has 0 atom stereocenters. The predicted molar refractivity (Wildman–Crippen MR) is 70.9 cm³/mol. The van der Waals surface area contributed by atoms with Crippen molar-refractivity contribution >= 4 is 11.6 Å². The Morgan fingerprint density at radius 3 is 2.52 bits per heavy atom. The van der Waals surface area contributed by atoms with Gasteiger partial charge in [-0.25, -0.2) is 0 Å². The number of carbonyl (C=O) groups is 1. The van der Waals surface area contributed by atoms with Crippen molar-refractivity contribution in [3.05, 3.63) is 23.8 Å². The number of carbonyl (C=O) groups excluding carboxylic acids is 1. The van der Waals surface area contributed by atoms with E-state index in [2.05, 4.69) is 4.74 Å². The quantitative estimate of drug-likeness (QED) is 0.861. The zero-order chi connectivity index (χ0) is 15.8. The van der Waals surface area contributed by atoms with Crippen LogP contribution in [0.25, 0.3) is 0 Å². The van der Waals surface area contributed by atoms with Crippen LogP contribution in [0.1, 0.15) is 10.4 Å². The van der Waals surface area contributed by atoms with Crippen molar-refractivity contribution in [1.82, 2.24) is 9.80 Å². The summed E-state index contributed by atoms with van der Waals surface area (Å²) >= 11 is 0. The Balaban J connectivity index is 2.11. The summed E-state index contributed by atoms with van der Waals surface area (Å²) in [6.45, 7) is 1.09. The van der Waals surface area contributed by atoms with E-state index < -0.39 is 12.1 Å². The smallest absolute Gasteiger partial charge is 0.404 e. The first kappa shape index (κ1) is 15.4. The molecule has 8 heteroatoms. The molecule has 0 spiro atoms. The molecule has 0 aromatic heterocycles. The molecule has 5 nitrogen and oxygen atoms in total. The van der Waals surface area contributed by atoms with Crippen molar-refractivity contribution < 1.29 is 22.7 Å². The van der Waals surface area contributed by atoms with Gasteiger partial charge < -0.3 is 20.3 Å². The molecule has 0 bridgehead atoms. The second kappa shape index (κ2) is 5.44. The lowest BCUT2D eigenvalue weighted by Gasteiger charge is -2.42. The number of alkyl halides is 3. The van der Waals surface area contributed by atoms with Gasteiger partial charge in [0.1, 0.15) is 0 Å². The van der Waals surface area contributed by atoms with Crippen LogP contribution in [0.2, 0.25) is 0 Å².